The van der Waals surface area contributed by atoms with Crippen LogP contribution in [0, 0.1) is 0 Å². The Morgan fingerprint density at radius 1 is 0.811 bits per heavy atom. The van der Waals surface area contributed by atoms with Crippen LogP contribution in [-0.2, 0) is 0 Å². The van der Waals surface area contributed by atoms with E-state index in [1.54, 1.807) is 37.4 Å². The van der Waals surface area contributed by atoms with Crippen molar-refractivity contribution in [1.82, 2.24) is 0 Å². The van der Waals surface area contributed by atoms with Gasteiger partial charge in [0.25, 0.3) is 0 Å². The first kappa shape index (κ1) is 25.4. The van der Waals surface area contributed by atoms with Gasteiger partial charge in [0.1, 0.15) is 34.2 Å². The molecule has 8 heteroatoms. The van der Waals surface area contributed by atoms with Gasteiger partial charge >= 0.3 is 5.63 Å². The number of para-hydroxylation sites is 1. The normalized spacial score (nSPS) is 10.8. The quantitative estimate of drug-likeness (QED) is 0.222. The molecule has 0 amide bonds. The Bertz CT molecular complexity index is 1640. The Hall–Kier alpha value is -4.72. The maximum Gasteiger partial charge on any atom is 0.336 e. The number of rotatable bonds is 5. The number of furan rings is 1. The minimum absolute atomic E-state index is 0.113. The zero-order chi connectivity index (χ0) is 26.7. The highest BCUT2D eigenvalue weighted by atomic mass is 16.5. The summed E-state index contributed by atoms with van der Waals surface area (Å²) in [6.45, 7) is 4.08. The summed E-state index contributed by atoms with van der Waals surface area (Å²) in [4.78, 5) is 23.4. The molecule has 0 aliphatic heterocycles. The number of ketones is 1. The number of benzene rings is 3. The number of carbonyl (C=O) groups is 1. The van der Waals surface area contributed by atoms with Gasteiger partial charge in [-0.15, -0.1) is 0 Å². The van der Waals surface area contributed by atoms with Crippen molar-refractivity contribution in [3.8, 4) is 23.0 Å². The number of phenols is 2. The first-order valence-corrected chi connectivity index (χ1v) is 11.5. The minimum atomic E-state index is -0.437. The van der Waals surface area contributed by atoms with Crippen LogP contribution in [-0.4, -0.2) is 30.2 Å². The molecule has 0 radical (unpaired) electrons. The summed E-state index contributed by atoms with van der Waals surface area (Å²) in [5.41, 5.74) is 1.10. The lowest BCUT2D eigenvalue weighted by molar-refractivity contribution is 0.103. The SMILES string of the molecule is COc1c(C(C)C)oc2cc3oc(=O)ccc3cc12.COc1ccc(C(=O)c2ccccc2O)c(O)c1. The van der Waals surface area contributed by atoms with Crippen molar-refractivity contribution >= 4 is 27.7 Å². The van der Waals surface area contributed by atoms with E-state index in [1.807, 2.05) is 19.9 Å². The second-order valence-corrected chi connectivity index (χ2v) is 8.52. The fourth-order valence-electron chi connectivity index (χ4n) is 3.89. The minimum Gasteiger partial charge on any atom is -0.507 e. The lowest BCUT2D eigenvalue weighted by Crippen LogP contribution is -2.02. The maximum atomic E-state index is 12.1. The van der Waals surface area contributed by atoms with Crippen LogP contribution in [0.5, 0.6) is 23.0 Å². The van der Waals surface area contributed by atoms with E-state index in [0.717, 1.165) is 22.3 Å². The van der Waals surface area contributed by atoms with Gasteiger partial charge in [0, 0.05) is 29.5 Å². The second kappa shape index (κ2) is 10.5. The molecule has 2 aromatic heterocycles. The standard InChI is InChI=1S/C15H14O4.C14H12O4/c1-8(2)14-15(17-3)10-6-9-4-5-13(16)18-11(9)7-12(10)19-14;1-18-9-6-7-11(13(16)8-9)14(17)10-4-2-3-5-12(10)15/h4-8H,1-3H3;2-8,15-16H,1H3. The fourth-order valence-corrected chi connectivity index (χ4v) is 3.89. The van der Waals surface area contributed by atoms with Crippen molar-refractivity contribution in [3.63, 3.8) is 0 Å². The number of fused-ring (bicyclic) bond motifs is 2. The van der Waals surface area contributed by atoms with Crippen LogP contribution < -0.4 is 15.1 Å². The molecule has 0 unspecified atom stereocenters. The first-order valence-electron chi connectivity index (χ1n) is 11.5. The third-order valence-electron chi connectivity index (χ3n) is 5.74. The van der Waals surface area contributed by atoms with Crippen molar-refractivity contribution in [2.24, 2.45) is 0 Å². The van der Waals surface area contributed by atoms with Crippen LogP contribution in [0.3, 0.4) is 0 Å². The number of ether oxygens (including phenoxy) is 2. The second-order valence-electron chi connectivity index (χ2n) is 8.52. The molecule has 5 aromatic rings. The molecule has 190 valence electrons. The number of hydrogen-bond acceptors (Lipinski definition) is 8. The molecule has 8 nitrogen and oxygen atoms in total. The van der Waals surface area contributed by atoms with Gasteiger partial charge in [0.15, 0.2) is 11.5 Å². The van der Waals surface area contributed by atoms with Gasteiger partial charge in [-0.3, -0.25) is 4.79 Å². The molecule has 0 bridgehead atoms. The van der Waals surface area contributed by atoms with Crippen LogP contribution in [0.4, 0.5) is 0 Å². The predicted molar refractivity (Wildman–Crippen MR) is 139 cm³/mol. The van der Waals surface area contributed by atoms with Crippen LogP contribution in [0.25, 0.3) is 21.9 Å². The molecule has 0 fully saturated rings. The summed E-state index contributed by atoms with van der Waals surface area (Å²) in [6, 6.07) is 17.4. The molecule has 3 aromatic carbocycles. The van der Waals surface area contributed by atoms with E-state index < -0.39 is 5.78 Å². The van der Waals surface area contributed by atoms with E-state index in [4.69, 9.17) is 18.3 Å². The average Bonchev–Trinajstić information content (AvgIpc) is 3.25. The topological polar surface area (TPSA) is 119 Å². The molecule has 5 rings (SSSR count). The monoisotopic (exact) mass is 502 g/mol. The van der Waals surface area contributed by atoms with Gasteiger partial charge in [-0.25, -0.2) is 4.79 Å². The van der Waals surface area contributed by atoms with Crippen molar-refractivity contribution in [2.75, 3.05) is 14.2 Å². The lowest BCUT2D eigenvalue weighted by atomic mass is 10.0. The predicted octanol–water partition coefficient (Wildman–Crippen LogP) is 6.01. The third kappa shape index (κ3) is 5.13. The molecule has 0 aliphatic rings. The zero-order valence-electron chi connectivity index (χ0n) is 20.8. The number of carbonyl (C=O) groups excluding carboxylic acids is 1. The van der Waals surface area contributed by atoms with Crippen LogP contribution in [0.15, 0.2) is 80.4 Å². The Morgan fingerprint density at radius 2 is 1.54 bits per heavy atom. The summed E-state index contributed by atoms with van der Waals surface area (Å²) in [6.07, 6.45) is 0. The number of hydrogen-bond donors (Lipinski definition) is 2. The van der Waals surface area contributed by atoms with Gasteiger partial charge < -0.3 is 28.5 Å². The molecule has 2 N–H and O–H groups in total. The van der Waals surface area contributed by atoms with Crippen molar-refractivity contribution in [1.29, 1.82) is 0 Å². The average molecular weight is 503 g/mol. The molecular formula is C29H26O8. The first-order chi connectivity index (χ1) is 17.7. The van der Waals surface area contributed by atoms with Gasteiger partial charge in [0.05, 0.1) is 30.7 Å². The molecular weight excluding hydrogens is 476 g/mol. The Labute approximate surface area is 212 Å². The highest BCUT2D eigenvalue weighted by molar-refractivity contribution is 6.12. The Kier molecular flexibility index (Phi) is 7.20. The van der Waals surface area contributed by atoms with Gasteiger partial charge in [0.2, 0.25) is 0 Å². The van der Waals surface area contributed by atoms with Crippen molar-refractivity contribution < 1.29 is 33.3 Å². The highest BCUT2D eigenvalue weighted by Gasteiger charge is 2.19. The molecule has 0 spiro atoms. The number of methoxy groups -OCH3 is 2. The largest absolute Gasteiger partial charge is 0.507 e. The zero-order valence-corrected chi connectivity index (χ0v) is 20.8. The lowest BCUT2D eigenvalue weighted by Gasteiger charge is -2.07. The summed E-state index contributed by atoms with van der Waals surface area (Å²) >= 11 is 0. The van der Waals surface area contributed by atoms with E-state index >= 15 is 0 Å². The smallest absolute Gasteiger partial charge is 0.336 e. The summed E-state index contributed by atoms with van der Waals surface area (Å²) in [7, 11) is 3.10. The van der Waals surface area contributed by atoms with Crippen molar-refractivity contribution in [3.05, 3.63) is 94.0 Å². The van der Waals surface area contributed by atoms with Gasteiger partial charge in [-0.2, -0.15) is 0 Å². The van der Waals surface area contributed by atoms with E-state index in [-0.39, 0.29) is 34.2 Å². The molecule has 0 saturated heterocycles. The van der Waals surface area contributed by atoms with Gasteiger partial charge in [-0.1, -0.05) is 26.0 Å². The number of aromatic hydroxyl groups is 2. The summed E-state index contributed by atoms with van der Waals surface area (Å²) < 4.78 is 21.4. The van der Waals surface area contributed by atoms with Crippen LogP contribution in [0.1, 0.15) is 41.4 Å². The van der Waals surface area contributed by atoms with Crippen LogP contribution in [0.2, 0.25) is 0 Å². The highest BCUT2D eigenvalue weighted by Crippen LogP contribution is 2.39. The van der Waals surface area contributed by atoms with E-state index in [0.29, 0.717) is 16.9 Å². The summed E-state index contributed by atoms with van der Waals surface area (Å²) in [5, 5.41) is 21.1. The Balaban J connectivity index is 0.000000173. The third-order valence-corrected chi connectivity index (χ3v) is 5.74. The maximum absolute atomic E-state index is 12.1. The molecule has 0 atom stereocenters. The van der Waals surface area contributed by atoms with Crippen LogP contribution >= 0.6 is 0 Å². The van der Waals surface area contributed by atoms with E-state index in [9.17, 15) is 19.8 Å². The van der Waals surface area contributed by atoms with E-state index in [2.05, 4.69) is 0 Å². The summed E-state index contributed by atoms with van der Waals surface area (Å²) in [5.74, 6) is 1.50. The molecule has 2 heterocycles. The van der Waals surface area contributed by atoms with Gasteiger partial charge in [-0.05, 0) is 36.4 Å². The molecule has 37 heavy (non-hydrogen) atoms. The molecule has 0 saturated carbocycles. The van der Waals surface area contributed by atoms with E-state index in [1.165, 1.54) is 37.4 Å². The Morgan fingerprint density at radius 3 is 2.19 bits per heavy atom. The molecule has 0 aliphatic carbocycles. The number of phenolic OH excluding ortho intramolecular Hbond substituents is 2. The fraction of sp³-hybridized carbons (Fsp3) is 0.172. The van der Waals surface area contributed by atoms with Crippen molar-refractivity contribution in [2.45, 2.75) is 19.8 Å².